The molecule has 0 spiro atoms. The molecule has 0 bridgehead atoms. The van der Waals surface area contributed by atoms with Crippen molar-refractivity contribution in [2.45, 2.75) is 45.1 Å². The molecule has 122 valence electrons. The molecule has 0 radical (unpaired) electrons. The molecule has 0 saturated heterocycles. The molecule has 0 aromatic heterocycles. The lowest BCUT2D eigenvalue weighted by molar-refractivity contribution is -0.146. The van der Waals surface area contributed by atoms with Crippen molar-refractivity contribution < 1.29 is 14.3 Å². The summed E-state index contributed by atoms with van der Waals surface area (Å²) < 4.78 is 4.77. The molecule has 0 aliphatic rings. The maximum absolute atomic E-state index is 12.1. The Morgan fingerprint density at radius 3 is 2.55 bits per heavy atom. The molecule has 5 heteroatoms. The fourth-order valence-corrected chi connectivity index (χ4v) is 2.94. The maximum atomic E-state index is 12.1. The Balaban J connectivity index is 2.62. The van der Waals surface area contributed by atoms with Crippen LogP contribution in [0, 0.1) is 19.8 Å². The average molecular weight is 323 g/mol. The minimum atomic E-state index is -0.581. The van der Waals surface area contributed by atoms with E-state index in [0.29, 0.717) is 0 Å². The van der Waals surface area contributed by atoms with E-state index in [1.54, 1.807) is 0 Å². The van der Waals surface area contributed by atoms with Crippen LogP contribution in [0.3, 0.4) is 0 Å². The van der Waals surface area contributed by atoms with Gasteiger partial charge < -0.3 is 10.1 Å². The summed E-state index contributed by atoms with van der Waals surface area (Å²) in [5.74, 6) is -0.212. The smallest absolute Gasteiger partial charge is 0.328 e. The van der Waals surface area contributed by atoms with Gasteiger partial charge >= 0.3 is 5.97 Å². The Morgan fingerprint density at radius 2 is 2.00 bits per heavy atom. The van der Waals surface area contributed by atoms with Crippen LogP contribution >= 0.6 is 11.8 Å². The number of carbonyl (C=O) groups excluding carboxylic acids is 2. The first kappa shape index (κ1) is 18.6. The second-order valence-corrected chi connectivity index (χ2v) is 6.53. The molecule has 2 atom stereocenters. The fourth-order valence-electron chi connectivity index (χ4n) is 2.12. The zero-order valence-electron chi connectivity index (χ0n) is 13.9. The van der Waals surface area contributed by atoms with Crippen LogP contribution in [0.2, 0.25) is 0 Å². The molecule has 4 nitrogen and oxygen atoms in total. The number of hydrogen-bond acceptors (Lipinski definition) is 4. The standard InChI is InChI=1S/C17H25NO3S/c1-6-12(3)16(17(20)21-5)18-15(19)10-22-14-8-7-11(2)9-13(14)4/h7-9,12,16H,6,10H2,1-5H3,(H,18,19)/t12-,16+/m0/s1. The number of rotatable bonds is 7. The highest BCUT2D eigenvalue weighted by atomic mass is 32.2. The molecule has 0 unspecified atom stereocenters. The van der Waals surface area contributed by atoms with Crippen molar-refractivity contribution in [2.24, 2.45) is 5.92 Å². The van der Waals surface area contributed by atoms with Crippen molar-refractivity contribution in [1.82, 2.24) is 5.32 Å². The summed E-state index contributed by atoms with van der Waals surface area (Å²) in [6.07, 6.45) is 0.796. The first-order valence-corrected chi connectivity index (χ1v) is 8.44. The third kappa shape index (κ3) is 5.37. The molecule has 1 aromatic carbocycles. The van der Waals surface area contributed by atoms with Crippen LogP contribution < -0.4 is 5.32 Å². The van der Waals surface area contributed by atoms with Gasteiger partial charge in [-0.15, -0.1) is 11.8 Å². The monoisotopic (exact) mass is 323 g/mol. The van der Waals surface area contributed by atoms with Gasteiger partial charge in [0.15, 0.2) is 0 Å². The van der Waals surface area contributed by atoms with E-state index in [0.717, 1.165) is 16.9 Å². The topological polar surface area (TPSA) is 55.4 Å². The zero-order chi connectivity index (χ0) is 16.7. The molecule has 0 heterocycles. The lowest BCUT2D eigenvalue weighted by atomic mass is 9.99. The van der Waals surface area contributed by atoms with E-state index in [1.165, 1.54) is 24.4 Å². The van der Waals surface area contributed by atoms with Crippen LogP contribution in [0.15, 0.2) is 23.1 Å². The van der Waals surface area contributed by atoms with E-state index in [2.05, 4.69) is 11.4 Å². The summed E-state index contributed by atoms with van der Waals surface area (Å²) in [6.45, 7) is 7.99. The van der Waals surface area contributed by atoms with Gasteiger partial charge in [0.25, 0.3) is 0 Å². The van der Waals surface area contributed by atoms with E-state index in [1.807, 2.05) is 39.8 Å². The van der Waals surface area contributed by atoms with Crippen molar-refractivity contribution in [3.05, 3.63) is 29.3 Å². The first-order valence-electron chi connectivity index (χ1n) is 7.46. The van der Waals surface area contributed by atoms with E-state index in [-0.39, 0.29) is 23.5 Å². The third-order valence-electron chi connectivity index (χ3n) is 3.67. The van der Waals surface area contributed by atoms with Gasteiger partial charge in [0, 0.05) is 4.90 Å². The van der Waals surface area contributed by atoms with Crippen LogP contribution in [0.5, 0.6) is 0 Å². The minimum Gasteiger partial charge on any atom is -0.467 e. The van der Waals surface area contributed by atoms with Crippen LogP contribution in [-0.4, -0.2) is 30.8 Å². The highest BCUT2D eigenvalue weighted by Gasteiger charge is 2.26. The van der Waals surface area contributed by atoms with E-state index in [9.17, 15) is 9.59 Å². The van der Waals surface area contributed by atoms with Gasteiger partial charge in [-0.2, -0.15) is 0 Å². The maximum Gasteiger partial charge on any atom is 0.328 e. The number of thioether (sulfide) groups is 1. The SMILES string of the molecule is CC[C@H](C)[C@@H](NC(=O)CSc1ccc(C)cc1C)C(=O)OC. The van der Waals surface area contributed by atoms with Crippen molar-refractivity contribution in [3.63, 3.8) is 0 Å². The Morgan fingerprint density at radius 1 is 1.32 bits per heavy atom. The largest absolute Gasteiger partial charge is 0.467 e. The summed E-state index contributed by atoms with van der Waals surface area (Å²) in [5, 5.41) is 2.79. The van der Waals surface area contributed by atoms with Gasteiger partial charge in [-0.1, -0.05) is 38.0 Å². The lowest BCUT2D eigenvalue weighted by Crippen LogP contribution is -2.46. The fraction of sp³-hybridized carbons (Fsp3) is 0.529. The lowest BCUT2D eigenvalue weighted by Gasteiger charge is -2.21. The van der Waals surface area contributed by atoms with Gasteiger partial charge in [-0.05, 0) is 31.4 Å². The number of esters is 1. The van der Waals surface area contributed by atoms with Crippen LogP contribution in [0.25, 0.3) is 0 Å². The number of benzene rings is 1. The highest BCUT2D eigenvalue weighted by molar-refractivity contribution is 8.00. The predicted octanol–water partition coefficient (Wildman–Crippen LogP) is 3.10. The Kier molecular flexibility index (Phi) is 7.45. The Labute approximate surface area is 137 Å². The van der Waals surface area contributed by atoms with E-state index >= 15 is 0 Å². The number of carbonyl (C=O) groups is 2. The molecule has 1 rings (SSSR count). The van der Waals surface area contributed by atoms with Gasteiger partial charge in [0.1, 0.15) is 6.04 Å². The Bertz CT molecular complexity index is 531. The molecule has 0 aliphatic heterocycles. The summed E-state index contributed by atoms with van der Waals surface area (Å²) in [6, 6.07) is 5.57. The van der Waals surface area contributed by atoms with Gasteiger partial charge in [-0.3, -0.25) is 4.79 Å². The van der Waals surface area contributed by atoms with Crippen molar-refractivity contribution in [2.75, 3.05) is 12.9 Å². The highest BCUT2D eigenvalue weighted by Crippen LogP contribution is 2.23. The average Bonchev–Trinajstić information content (AvgIpc) is 2.50. The number of methoxy groups -OCH3 is 1. The second-order valence-electron chi connectivity index (χ2n) is 5.51. The molecule has 1 N–H and O–H groups in total. The zero-order valence-corrected chi connectivity index (χ0v) is 14.8. The summed E-state index contributed by atoms with van der Waals surface area (Å²) in [7, 11) is 1.34. The summed E-state index contributed by atoms with van der Waals surface area (Å²) >= 11 is 1.48. The van der Waals surface area contributed by atoms with Crippen LogP contribution in [-0.2, 0) is 14.3 Å². The van der Waals surface area contributed by atoms with Crippen molar-refractivity contribution in [3.8, 4) is 0 Å². The van der Waals surface area contributed by atoms with E-state index < -0.39 is 6.04 Å². The molecular formula is C17H25NO3S. The molecule has 0 aliphatic carbocycles. The molecule has 1 aromatic rings. The number of aryl methyl sites for hydroxylation is 2. The number of nitrogens with one attached hydrogen (secondary N) is 1. The van der Waals surface area contributed by atoms with Crippen LogP contribution in [0.1, 0.15) is 31.4 Å². The summed E-state index contributed by atoms with van der Waals surface area (Å²) in [5.41, 5.74) is 2.36. The summed E-state index contributed by atoms with van der Waals surface area (Å²) in [4.78, 5) is 25.0. The number of hydrogen-bond donors (Lipinski definition) is 1. The van der Waals surface area contributed by atoms with Gasteiger partial charge in [-0.25, -0.2) is 4.79 Å². The molecule has 1 amide bonds. The molecular weight excluding hydrogens is 298 g/mol. The van der Waals surface area contributed by atoms with Crippen molar-refractivity contribution in [1.29, 1.82) is 0 Å². The predicted molar refractivity (Wildman–Crippen MR) is 90.0 cm³/mol. The van der Waals surface area contributed by atoms with Crippen molar-refractivity contribution >= 4 is 23.6 Å². The minimum absolute atomic E-state index is 0.0440. The number of ether oxygens (including phenoxy) is 1. The Hall–Kier alpha value is -1.49. The van der Waals surface area contributed by atoms with Gasteiger partial charge in [0.05, 0.1) is 12.9 Å². The second kappa shape index (κ2) is 8.83. The third-order valence-corrected chi connectivity index (χ3v) is 4.85. The quantitative estimate of drug-likeness (QED) is 0.619. The number of amides is 1. The normalized spacial score (nSPS) is 13.3. The van der Waals surface area contributed by atoms with Crippen LogP contribution in [0.4, 0.5) is 0 Å². The molecule has 22 heavy (non-hydrogen) atoms. The first-order chi connectivity index (χ1) is 10.4. The van der Waals surface area contributed by atoms with Gasteiger partial charge in [0.2, 0.25) is 5.91 Å². The van der Waals surface area contributed by atoms with E-state index in [4.69, 9.17) is 4.74 Å². The molecule has 0 fully saturated rings. The molecule has 0 saturated carbocycles.